The van der Waals surface area contributed by atoms with Crippen LogP contribution in [-0.2, 0) is 14.3 Å². The summed E-state index contributed by atoms with van der Waals surface area (Å²) in [6.45, 7) is 9.08. The molecule has 4 aliphatic carbocycles. The Balaban J connectivity index is 1.37. The van der Waals surface area contributed by atoms with Crippen molar-refractivity contribution in [3.63, 3.8) is 0 Å². The van der Waals surface area contributed by atoms with Crippen molar-refractivity contribution >= 4 is 11.9 Å². The molecule has 0 heterocycles. The zero-order chi connectivity index (χ0) is 29.9. The standard InChI is InChI=1S/C35H53NO5/c1-7-9-10-23(8-2)19-30(33(40)41-6)36-32(39)14-11-22(3)26-12-13-27-25-21-31(38)29-20-24(37)15-17-35(29,5)28(25)16-18-34(26,27)4/h1,8-10,22,24-31,37-38H,11-21H2,2-6H3,(H,36,39)/b10-9-,23-8+/t22?,24-,25?,26?,27?,28?,29+,30?,31+,34?,35?/m1/s1. The van der Waals surface area contributed by atoms with Crippen molar-refractivity contribution in [2.45, 2.75) is 117 Å². The molecular weight excluding hydrogens is 514 g/mol. The average Bonchev–Trinajstić information content (AvgIpc) is 3.31. The fraction of sp³-hybridized carbons (Fsp3) is 0.771. The first-order valence-corrected chi connectivity index (χ1v) is 16.0. The average molecular weight is 568 g/mol. The normalized spacial score (nSPS) is 40.0. The topological polar surface area (TPSA) is 95.9 Å². The molecule has 0 bridgehead atoms. The highest BCUT2D eigenvalue weighted by molar-refractivity contribution is 5.84. The second-order valence-corrected chi connectivity index (χ2v) is 14.2. The maximum absolute atomic E-state index is 13.0. The maximum Gasteiger partial charge on any atom is 0.328 e. The molecule has 0 aromatic carbocycles. The fourth-order valence-corrected chi connectivity index (χ4v) is 10.1. The third kappa shape index (κ3) is 6.32. The second kappa shape index (κ2) is 13.0. The van der Waals surface area contributed by atoms with Crippen LogP contribution in [0.25, 0.3) is 0 Å². The summed E-state index contributed by atoms with van der Waals surface area (Å²) in [4.78, 5) is 25.4. The number of hydrogen-bond donors (Lipinski definition) is 3. The minimum absolute atomic E-state index is 0.124. The quantitative estimate of drug-likeness (QED) is 0.192. The van der Waals surface area contributed by atoms with E-state index >= 15 is 0 Å². The van der Waals surface area contributed by atoms with Gasteiger partial charge in [-0.25, -0.2) is 4.79 Å². The smallest absolute Gasteiger partial charge is 0.328 e. The highest BCUT2D eigenvalue weighted by Gasteiger charge is 2.62. The maximum atomic E-state index is 13.0. The SMILES string of the molecule is C#C/C=C\C(=C/C)CC(NC(=O)CCC(C)C1CCC2C3C[C@H](O)[C@@H]4C[C@H](O)CCC4(C)C3CCC12C)C(=O)OC. The first kappa shape index (κ1) is 31.8. The zero-order valence-electron chi connectivity index (χ0n) is 25.9. The molecule has 4 aliphatic rings. The Bertz CT molecular complexity index is 1060. The van der Waals surface area contributed by atoms with Gasteiger partial charge in [0.25, 0.3) is 0 Å². The van der Waals surface area contributed by atoms with E-state index in [4.69, 9.17) is 11.2 Å². The van der Waals surface area contributed by atoms with Gasteiger partial charge >= 0.3 is 5.97 Å². The lowest BCUT2D eigenvalue weighted by Gasteiger charge is -2.62. The molecule has 228 valence electrons. The molecule has 0 radical (unpaired) electrons. The van der Waals surface area contributed by atoms with Crippen LogP contribution in [0.15, 0.2) is 23.8 Å². The number of fused-ring (bicyclic) bond motifs is 5. The molecule has 0 saturated heterocycles. The van der Waals surface area contributed by atoms with Crippen LogP contribution in [0.2, 0.25) is 0 Å². The molecule has 4 rings (SSSR count). The number of esters is 1. The Morgan fingerprint density at radius 2 is 1.78 bits per heavy atom. The molecule has 6 nitrogen and oxygen atoms in total. The summed E-state index contributed by atoms with van der Waals surface area (Å²) >= 11 is 0. The number of methoxy groups -OCH3 is 1. The van der Waals surface area contributed by atoms with Crippen molar-refractivity contribution in [3.05, 3.63) is 23.8 Å². The van der Waals surface area contributed by atoms with Crippen LogP contribution in [0.3, 0.4) is 0 Å². The summed E-state index contributed by atoms with van der Waals surface area (Å²) in [6.07, 6.45) is 19.8. The van der Waals surface area contributed by atoms with Gasteiger partial charge in [0, 0.05) is 12.8 Å². The minimum Gasteiger partial charge on any atom is -0.467 e. The van der Waals surface area contributed by atoms with Crippen LogP contribution < -0.4 is 5.32 Å². The lowest BCUT2D eigenvalue weighted by molar-refractivity contribution is -0.172. The Morgan fingerprint density at radius 1 is 1.07 bits per heavy atom. The molecule has 11 atom stereocenters. The van der Waals surface area contributed by atoms with Gasteiger partial charge in [-0.05, 0) is 123 Å². The summed E-state index contributed by atoms with van der Waals surface area (Å²) in [7, 11) is 1.34. The van der Waals surface area contributed by atoms with Crippen LogP contribution in [0.5, 0.6) is 0 Å². The molecule has 3 N–H and O–H groups in total. The van der Waals surface area contributed by atoms with Crippen LogP contribution >= 0.6 is 0 Å². The van der Waals surface area contributed by atoms with Crippen molar-refractivity contribution in [2.75, 3.05) is 7.11 Å². The largest absolute Gasteiger partial charge is 0.467 e. The van der Waals surface area contributed by atoms with Gasteiger partial charge in [0.05, 0.1) is 19.3 Å². The molecular formula is C35H53NO5. The van der Waals surface area contributed by atoms with Crippen molar-refractivity contribution in [3.8, 4) is 12.3 Å². The van der Waals surface area contributed by atoms with Gasteiger partial charge < -0.3 is 20.3 Å². The second-order valence-electron chi connectivity index (χ2n) is 14.2. The monoisotopic (exact) mass is 567 g/mol. The van der Waals surface area contributed by atoms with Gasteiger partial charge in [-0.15, -0.1) is 6.42 Å². The molecule has 8 unspecified atom stereocenters. The number of hydrogen-bond acceptors (Lipinski definition) is 5. The van der Waals surface area contributed by atoms with Gasteiger partial charge in [0.2, 0.25) is 5.91 Å². The van der Waals surface area contributed by atoms with Crippen LogP contribution in [-0.4, -0.2) is 47.4 Å². The van der Waals surface area contributed by atoms with Gasteiger partial charge in [-0.3, -0.25) is 4.79 Å². The van der Waals surface area contributed by atoms with E-state index in [9.17, 15) is 19.8 Å². The van der Waals surface area contributed by atoms with E-state index in [-0.39, 0.29) is 34.9 Å². The molecule has 0 aromatic rings. The number of aliphatic hydroxyl groups excluding tert-OH is 2. The van der Waals surface area contributed by atoms with E-state index in [2.05, 4.69) is 32.0 Å². The lowest BCUT2D eigenvalue weighted by Crippen LogP contribution is -2.58. The zero-order valence-corrected chi connectivity index (χ0v) is 25.9. The van der Waals surface area contributed by atoms with Crippen LogP contribution in [0, 0.1) is 58.7 Å². The van der Waals surface area contributed by atoms with E-state index in [0.29, 0.717) is 42.4 Å². The van der Waals surface area contributed by atoms with Crippen molar-refractivity contribution in [1.29, 1.82) is 0 Å². The van der Waals surface area contributed by atoms with E-state index in [1.54, 1.807) is 12.2 Å². The molecule has 1 amide bonds. The van der Waals surface area contributed by atoms with Crippen LogP contribution in [0.1, 0.15) is 98.3 Å². The Morgan fingerprint density at radius 3 is 2.46 bits per heavy atom. The number of aliphatic hydroxyl groups is 2. The van der Waals surface area contributed by atoms with Gasteiger partial charge in [0.15, 0.2) is 0 Å². The fourth-order valence-electron chi connectivity index (χ4n) is 10.1. The summed E-state index contributed by atoms with van der Waals surface area (Å²) < 4.78 is 4.96. The first-order chi connectivity index (χ1) is 19.5. The third-order valence-corrected chi connectivity index (χ3v) is 12.3. The van der Waals surface area contributed by atoms with Gasteiger partial charge in [-0.1, -0.05) is 38.8 Å². The predicted molar refractivity (Wildman–Crippen MR) is 161 cm³/mol. The predicted octanol–water partition coefficient (Wildman–Crippen LogP) is 5.58. The summed E-state index contributed by atoms with van der Waals surface area (Å²) in [6, 6.07) is -0.746. The summed E-state index contributed by atoms with van der Waals surface area (Å²) in [5, 5.41) is 24.5. The molecule has 6 heteroatoms. The number of nitrogens with one attached hydrogen (secondary N) is 1. The van der Waals surface area contributed by atoms with Crippen molar-refractivity contribution in [2.24, 2.45) is 46.3 Å². The van der Waals surface area contributed by atoms with Crippen molar-refractivity contribution in [1.82, 2.24) is 5.32 Å². The van der Waals surface area contributed by atoms with Crippen molar-refractivity contribution < 1.29 is 24.5 Å². The Kier molecular flexibility index (Phi) is 10.1. The van der Waals surface area contributed by atoms with Crippen LogP contribution in [0.4, 0.5) is 0 Å². The highest BCUT2D eigenvalue weighted by atomic mass is 16.5. The number of ether oxygens (including phenoxy) is 1. The molecule has 0 aliphatic heterocycles. The number of carbonyl (C=O) groups excluding carboxylic acids is 2. The van der Waals surface area contributed by atoms with E-state index < -0.39 is 12.0 Å². The van der Waals surface area contributed by atoms with Gasteiger partial charge in [0.1, 0.15) is 6.04 Å². The van der Waals surface area contributed by atoms with Gasteiger partial charge in [-0.2, -0.15) is 0 Å². The summed E-state index contributed by atoms with van der Waals surface area (Å²) in [5.41, 5.74) is 1.22. The minimum atomic E-state index is -0.746. The Hall–Kier alpha value is -2.10. The molecule has 0 aromatic heterocycles. The van der Waals surface area contributed by atoms with E-state index in [1.807, 2.05) is 13.0 Å². The number of allylic oxidation sites excluding steroid dienone is 3. The number of rotatable bonds is 9. The third-order valence-electron chi connectivity index (χ3n) is 12.3. The molecule has 4 fully saturated rings. The number of carbonyl (C=O) groups is 2. The Labute approximate surface area is 247 Å². The van der Waals surface area contributed by atoms with E-state index in [1.165, 1.54) is 32.8 Å². The lowest BCUT2D eigenvalue weighted by atomic mass is 9.44. The molecule has 4 saturated carbocycles. The van der Waals surface area contributed by atoms with E-state index in [0.717, 1.165) is 37.7 Å². The number of amides is 1. The molecule has 41 heavy (non-hydrogen) atoms. The molecule has 0 spiro atoms. The summed E-state index contributed by atoms with van der Waals surface area (Å²) in [5.74, 6) is 4.84. The first-order valence-electron chi connectivity index (χ1n) is 16.0. The highest BCUT2D eigenvalue weighted by Crippen LogP contribution is 2.68. The number of terminal acetylenes is 1.